The zero-order valence-electron chi connectivity index (χ0n) is 8.64. The summed E-state index contributed by atoms with van der Waals surface area (Å²) in [5.74, 6) is 0.817. The van der Waals surface area contributed by atoms with E-state index in [0.717, 1.165) is 5.92 Å². The average Bonchev–Trinajstić information content (AvgIpc) is 1.93. The molecule has 0 bridgehead atoms. The summed E-state index contributed by atoms with van der Waals surface area (Å²) < 4.78 is 0. The highest BCUT2D eigenvalue weighted by molar-refractivity contribution is 5.15. The van der Waals surface area contributed by atoms with Crippen molar-refractivity contribution in [3.05, 3.63) is 11.6 Å². The van der Waals surface area contributed by atoms with Crippen LogP contribution in [0.4, 0.5) is 0 Å². The summed E-state index contributed by atoms with van der Waals surface area (Å²) in [6.45, 7) is 10.6. The number of hydrogen-bond acceptors (Lipinski definition) is 1. The first-order valence-corrected chi connectivity index (χ1v) is 5.12. The highest BCUT2D eigenvalue weighted by Crippen LogP contribution is 2.16. The molecule has 1 rings (SSSR count). The van der Waals surface area contributed by atoms with Gasteiger partial charge in [-0.2, -0.15) is 0 Å². The molecule has 1 heterocycles. The van der Waals surface area contributed by atoms with Gasteiger partial charge in [0.05, 0.1) is 0 Å². The Morgan fingerprint density at radius 3 is 2.58 bits per heavy atom. The van der Waals surface area contributed by atoms with Crippen molar-refractivity contribution in [2.24, 2.45) is 5.92 Å². The Labute approximate surface area is 76.5 Å². The van der Waals surface area contributed by atoms with E-state index in [1.807, 2.05) is 0 Å². The Morgan fingerprint density at radius 2 is 2.08 bits per heavy atom. The fourth-order valence-corrected chi connectivity index (χ4v) is 1.53. The van der Waals surface area contributed by atoms with Gasteiger partial charge in [0.15, 0.2) is 0 Å². The SMILES string of the molecule is CCCN1CC(=CCC(C)C)C1. The van der Waals surface area contributed by atoms with Crippen LogP contribution in [-0.2, 0) is 0 Å². The Balaban J connectivity index is 2.11. The van der Waals surface area contributed by atoms with Crippen LogP contribution in [0.5, 0.6) is 0 Å². The topological polar surface area (TPSA) is 3.24 Å². The average molecular weight is 167 g/mol. The zero-order valence-corrected chi connectivity index (χ0v) is 8.64. The molecule has 12 heavy (non-hydrogen) atoms. The van der Waals surface area contributed by atoms with E-state index in [2.05, 4.69) is 31.7 Å². The fourth-order valence-electron chi connectivity index (χ4n) is 1.53. The maximum atomic E-state index is 2.51. The molecule has 0 aromatic rings. The van der Waals surface area contributed by atoms with Gasteiger partial charge in [0.1, 0.15) is 0 Å². The molecule has 0 amide bonds. The molecule has 1 nitrogen and oxygen atoms in total. The molecular weight excluding hydrogens is 146 g/mol. The predicted octanol–water partition coefficient (Wildman–Crippen LogP) is 2.68. The summed E-state index contributed by atoms with van der Waals surface area (Å²) >= 11 is 0. The molecule has 0 N–H and O–H groups in total. The fraction of sp³-hybridized carbons (Fsp3) is 0.818. The van der Waals surface area contributed by atoms with Crippen molar-refractivity contribution in [3.63, 3.8) is 0 Å². The van der Waals surface area contributed by atoms with Gasteiger partial charge in [0, 0.05) is 13.1 Å². The minimum Gasteiger partial charge on any atom is -0.295 e. The first-order chi connectivity index (χ1) is 5.72. The van der Waals surface area contributed by atoms with Crippen molar-refractivity contribution in [1.29, 1.82) is 0 Å². The lowest BCUT2D eigenvalue weighted by atomic mass is 10.0. The molecule has 0 unspecified atom stereocenters. The van der Waals surface area contributed by atoms with Crippen LogP contribution < -0.4 is 0 Å². The maximum Gasteiger partial charge on any atom is 0.0209 e. The van der Waals surface area contributed by atoms with E-state index in [4.69, 9.17) is 0 Å². The van der Waals surface area contributed by atoms with Gasteiger partial charge in [-0.3, -0.25) is 4.90 Å². The van der Waals surface area contributed by atoms with Gasteiger partial charge in [-0.25, -0.2) is 0 Å². The smallest absolute Gasteiger partial charge is 0.0209 e. The predicted molar refractivity (Wildman–Crippen MR) is 54.3 cm³/mol. The van der Waals surface area contributed by atoms with E-state index in [1.54, 1.807) is 5.57 Å². The lowest BCUT2D eigenvalue weighted by Gasteiger charge is -2.33. The molecular formula is C11H21N. The van der Waals surface area contributed by atoms with Gasteiger partial charge in [-0.05, 0) is 30.9 Å². The van der Waals surface area contributed by atoms with Crippen molar-refractivity contribution in [2.45, 2.75) is 33.6 Å². The van der Waals surface area contributed by atoms with Crippen LogP contribution in [0, 0.1) is 5.92 Å². The number of rotatable bonds is 4. The van der Waals surface area contributed by atoms with E-state index in [1.165, 1.54) is 32.5 Å². The number of nitrogens with zero attached hydrogens (tertiary/aromatic N) is 1. The first kappa shape index (κ1) is 9.79. The van der Waals surface area contributed by atoms with E-state index in [9.17, 15) is 0 Å². The summed E-state index contributed by atoms with van der Waals surface area (Å²) in [5.41, 5.74) is 1.65. The van der Waals surface area contributed by atoms with Crippen LogP contribution in [0.15, 0.2) is 11.6 Å². The molecule has 70 valence electrons. The van der Waals surface area contributed by atoms with E-state index in [-0.39, 0.29) is 0 Å². The zero-order chi connectivity index (χ0) is 8.97. The van der Waals surface area contributed by atoms with Crippen LogP contribution in [-0.4, -0.2) is 24.5 Å². The monoisotopic (exact) mass is 167 g/mol. The molecule has 1 heteroatoms. The van der Waals surface area contributed by atoms with Crippen LogP contribution >= 0.6 is 0 Å². The highest BCUT2D eigenvalue weighted by atomic mass is 15.2. The standard InChI is InChI=1S/C11H21N/c1-4-7-12-8-11(9-12)6-5-10(2)3/h6,10H,4-5,7-9H2,1-3H3. The van der Waals surface area contributed by atoms with Crippen LogP contribution in [0.3, 0.4) is 0 Å². The highest BCUT2D eigenvalue weighted by Gasteiger charge is 2.17. The third kappa shape index (κ3) is 2.98. The molecule has 1 aliphatic heterocycles. The number of likely N-dealkylation sites (tertiary alicyclic amines) is 1. The second kappa shape index (κ2) is 4.66. The van der Waals surface area contributed by atoms with Crippen molar-refractivity contribution in [2.75, 3.05) is 19.6 Å². The Hall–Kier alpha value is -0.300. The summed E-state index contributed by atoms with van der Waals surface area (Å²) in [6, 6.07) is 0. The molecule has 1 aliphatic rings. The normalized spacial score (nSPS) is 18.2. The number of allylic oxidation sites excluding steroid dienone is 1. The van der Waals surface area contributed by atoms with Gasteiger partial charge in [-0.15, -0.1) is 0 Å². The molecule has 0 aromatic carbocycles. The second-order valence-corrected chi connectivity index (χ2v) is 4.20. The molecule has 1 saturated heterocycles. The van der Waals surface area contributed by atoms with Crippen molar-refractivity contribution >= 4 is 0 Å². The molecule has 0 aromatic heterocycles. The second-order valence-electron chi connectivity index (χ2n) is 4.20. The summed E-state index contributed by atoms with van der Waals surface area (Å²) in [6.07, 6.45) is 4.98. The van der Waals surface area contributed by atoms with Crippen molar-refractivity contribution < 1.29 is 0 Å². The first-order valence-electron chi connectivity index (χ1n) is 5.12. The molecule has 0 saturated carbocycles. The minimum absolute atomic E-state index is 0.817. The van der Waals surface area contributed by atoms with E-state index in [0.29, 0.717) is 0 Å². The van der Waals surface area contributed by atoms with Gasteiger partial charge in [-0.1, -0.05) is 26.8 Å². The van der Waals surface area contributed by atoms with Crippen molar-refractivity contribution in [3.8, 4) is 0 Å². The van der Waals surface area contributed by atoms with Crippen LogP contribution in [0.2, 0.25) is 0 Å². The summed E-state index contributed by atoms with van der Waals surface area (Å²) in [7, 11) is 0. The third-order valence-electron chi connectivity index (χ3n) is 2.27. The van der Waals surface area contributed by atoms with Crippen LogP contribution in [0.25, 0.3) is 0 Å². The van der Waals surface area contributed by atoms with Gasteiger partial charge in [0.25, 0.3) is 0 Å². The Morgan fingerprint density at radius 1 is 1.42 bits per heavy atom. The molecule has 0 spiro atoms. The maximum absolute atomic E-state index is 2.51. The molecule has 0 aliphatic carbocycles. The third-order valence-corrected chi connectivity index (χ3v) is 2.27. The van der Waals surface area contributed by atoms with Crippen molar-refractivity contribution in [1.82, 2.24) is 4.90 Å². The summed E-state index contributed by atoms with van der Waals surface area (Å²) in [5, 5.41) is 0. The van der Waals surface area contributed by atoms with Gasteiger partial charge < -0.3 is 0 Å². The minimum atomic E-state index is 0.817. The van der Waals surface area contributed by atoms with Gasteiger partial charge in [0.2, 0.25) is 0 Å². The lowest BCUT2D eigenvalue weighted by Crippen LogP contribution is -2.40. The van der Waals surface area contributed by atoms with E-state index >= 15 is 0 Å². The molecule has 1 fully saturated rings. The Bertz CT molecular complexity index is 150. The molecule has 0 radical (unpaired) electrons. The van der Waals surface area contributed by atoms with Gasteiger partial charge >= 0.3 is 0 Å². The quantitative estimate of drug-likeness (QED) is 0.582. The number of hydrogen-bond donors (Lipinski definition) is 0. The van der Waals surface area contributed by atoms with E-state index < -0.39 is 0 Å². The lowest BCUT2D eigenvalue weighted by molar-refractivity contribution is 0.249. The summed E-state index contributed by atoms with van der Waals surface area (Å²) in [4.78, 5) is 2.51. The van der Waals surface area contributed by atoms with Crippen LogP contribution in [0.1, 0.15) is 33.6 Å². The molecule has 0 atom stereocenters. The Kier molecular flexibility index (Phi) is 3.80. The largest absolute Gasteiger partial charge is 0.295 e.